The minimum Gasteiger partial charge on any atom is -0.349 e. The molecule has 2 amide bonds. The third-order valence-electron chi connectivity index (χ3n) is 4.61. The number of nitrogens with zero attached hydrogens (tertiary/aromatic N) is 3. The van der Waals surface area contributed by atoms with Crippen LogP contribution in [-0.4, -0.2) is 39.6 Å². The van der Waals surface area contributed by atoms with Gasteiger partial charge < -0.3 is 10.2 Å². The maximum Gasteiger partial charge on any atom is 0.251 e. The molecule has 0 radical (unpaired) electrons. The number of benzene rings is 2. The lowest BCUT2D eigenvalue weighted by Gasteiger charge is -2.20. The summed E-state index contributed by atoms with van der Waals surface area (Å²) in [6.45, 7) is 3.01. The summed E-state index contributed by atoms with van der Waals surface area (Å²) in [5.74, 6) is -0.197. The van der Waals surface area contributed by atoms with Crippen LogP contribution in [0.15, 0.2) is 73.1 Å². The Morgan fingerprint density at radius 2 is 1.69 bits per heavy atom. The van der Waals surface area contributed by atoms with Gasteiger partial charge in [0.1, 0.15) is 0 Å². The Bertz CT molecular complexity index is 938. The van der Waals surface area contributed by atoms with E-state index in [0.717, 1.165) is 5.56 Å². The highest BCUT2D eigenvalue weighted by atomic mass is 16.2. The zero-order valence-electron chi connectivity index (χ0n) is 16.8. The van der Waals surface area contributed by atoms with Gasteiger partial charge in [0.15, 0.2) is 0 Å². The van der Waals surface area contributed by atoms with Crippen LogP contribution in [0.3, 0.4) is 0 Å². The van der Waals surface area contributed by atoms with Crippen molar-refractivity contribution in [1.29, 1.82) is 0 Å². The predicted molar refractivity (Wildman–Crippen MR) is 112 cm³/mol. The van der Waals surface area contributed by atoms with Gasteiger partial charge in [-0.05, 0) is 24.6 Å². The third kappa shape index (κ3) is 6.04. The van der Waals surface area contributed by atoms with Gasteiger partial charge in [-0.25, -0.2) is 0 Å². The highest BCUT2D eigenvalue weighted by molar-refractivity contribution is 5.94. The lowest BCUT2D eigenvalue weighted by Crippen LogP contribution is -2.37. The summed E-state index contributed by atoms with van der Waals surface area (Å²) in [5, 5.41) is 7.25. The van der Waals surface area contributed by atoms with E-state index < -0.39 is 0 Å². The van der Waals surface area contributed by atoms with Crippen molar-refractivity contribution in [1.82, 2.24) is 20.0 Å². The maximum absolute atomic E-state index is 12.5. The molecule has 29 heavy (non-hydrogen) atoms. The minimum atomic E-state index is -0.251. The first-order valence-corrected chi connectivity index (χ1v) is 9.66. The SMILES string of the molecule is CC(CC(=O)N(C)Cc1cnn(Cc2ccccc2)c1)NC(=O)c1ccccc1. The number of hydrogen-bond donors (Lipinski definition) is 1. The van der Waals surface area contributed by atoms with Gasteiger partial charge in [-0.2, -0.15) is 5.10 Å². The molecule has 1 N–H and O–H groups in total. The van der Waals surface area contributed by atoms with Crippen LogP contribution in [-0.2, 0) is 17.9 Å². The van der Waals surface area contributed by atoms with Gasteiger partial charge in [0.25, 0.3) is 5.91 Å². The average molecular weight is 390 g/mol. The van der Waals surface area contributed by atoms with Crippen molar-refractivity contribution in [3.63, 3.8) is 0 Å². The molecule has 0 spiro atoms. The molecule has 2 aromatic carbocycles. The molecule has 6 nitrogen and oxygen atoms in total. The van der Waals surface area contributed by atoms with E-state index in [1.165, 1.54) is 5.56 Å². The second-order valence-electron chi connectivity index (χ2n) is 7.23. The molecule has 6 heteroatoms. The van der Waals surface area contributed by atoms with Gasteiger partial charge in [0, 0.05) is 43.4 Å². The van der Waals surface area contributed by atoms with Crippen LogP contribution < -0.4 is 5.32 Å². The van der Waals surface area contributed by atoms with Crippen molar-refractivity contribution in [3.05, 3.63) is 89.7 Å². The summed E-state index contributed by atoms with van der Waals surface area (Å²) in [6, 6.07) is 18.9. The summed E-state index contributed by atoms with van der Waals surface area (Å²) >= 11 is 0. The van der Waals surface area contributed by atoms with E-state index in [-0.39, 0.29) is 24.3 Å². The number of hydrogen-bond acceptors (Lipinski definition) is 3. The maximum atomic E-state index is 12.5. The van der Waals surface area contributed by atoms with Crippen LogP contribution in [0, 0.1) is 0 Å². The molecule has 0 fully saturated rings. The van der Waals surface area contributed by atoms with Gasteiger partial charge >= 0.3 is 0 Å². The standard InChI is InChI=1S/C23H26N4O2/c1-18(25-23(29)21-11-7-4-8-12-21)13-22(28)26(2)15-20-14-24-27(17-20)16-19-9-5-3-6-10-19/h3-12,14,17-18H,13,15-16H2,1-2H3,(H,25,29). The van der Waals surface area contributed by atoms with Gasteiger partial charge in [-0.15, -0.1) is 0 Å². The highest BCUT2D eigenvalue weighted by Crippen LogP contribution is 2.08. The zero-order valence-corrected chi connectivity index (χ0v) is 16.8. The van der Waals surface area contributed by atoms with E-state index in [4.69, 9.17) is 0 Å². The second kappa shape index (κ2) is 9.68. The van der Waals surface area contributed by atoms with Crippen molar-refractivity contribution >= 4 is 11.8 Å². The number of carbonyl (C=O) groups excluding carboxylic acids is 2. The molecular weight excluding hydrogens is 364 g/mol. The topological polar surface area (TPSA) is 67.2 Å². The summed E-state index contributed by atoms with van der Waals surface area (Å²) in [7, 11) is 1.77. The normalized spacial score (nSPS) is 11.7. The molecule has 150 valence electrons. The predicted octanol–water partition coefficient (Wildman–Crippen LogP) is 3.10. The molecule has 1 heterocycles. The van der Waals surface area contributed by atoms with Crippen molar-refractivity contribution < 1.29 is 9.59 Å². The van der Waals surface area contributed by atoms with Crippen LogP contribution >= 0.6 is 0 Å². The first kappa shape index (κ1) is 20.3. The van der Waals surface area contributed by atoms with E-state index in [0.29, 0.717) is 18.7 Å². The monoisotopic (exact) mass is 390 g/mol. The van der Waals surface area contributed by atoms with Crippen molar-refractivity contribution in [2.45, 2.75) is 32.5 Å². The van der Waals surface area contributed by atoms with Crippen LogP contribution in [0.5, 0.6) is 0 Å². The Labute approximate surface area is 171 Å². The van der Waals surface area contributed by atoms with Gasteiger partial charge in [-0.1, -0.05) is 48.5 Å². The van der Waals surface area contributed by atoms with Crippen molar-refractivity contribution in [3.8, 4) is 0 Å². The molecule has 1 aromatic heterocycles. The second-order valence-corrected chi connectivity index (χ2v) is 7.23. The average Bonchev–Trinajstić information content (AvgIpc) is 3.15. The Morgan fingerprint density at radius 3 is 2.38 bits per heavy atom. The first-order chi connectivity index (χ1) is 14.0. The molecule has 1 atom stereocenters. The Hall–Kier alpha value is -3.41. The van der Waals surface area contributed by atoms with E-state index in [1.54, 1.807) is 30.3 Å². The number of carbonyl (C=O) groups is 2. The molecule has 3 rings (SSSR count). The third-order valence-corrected chi connectivity index (χ3v) is 4.61. The quantitative estimate of drug-likeness (QED) is 0.643. The molecule has 0 bridgehead atoms. The van der Waals surface area contributed by atoms with Crippen LogP contribution in [0.4, 0.5) is 0 Å². The van der Waals surface area contributed by atoms with E-state index in [9.17, 15) is 9.59 Å². The molecule has 0 saturated carbocycles. The highest BCUT2D eigenvalue weighted by Gasteiger charge is 2.16. The first-order valence-electron chi connectivity index (χ1n) is 9.66. The Kier molecular flexibility index (Phi) is 6.79. The summed E-state index contributed by atoms with van der Waals surface area (Å²) < 4.78 is 1.87. The number of nitrogens with one attached hydrogen (secondary N) is 1. The molecule has 0 saturated heterocycles. The van der Waals surface area contributed by atoms with Gasteiger partial charge in [0.05, 0.1) is 12.7 Å². The lowest BCUT2D eigenvalue weighted by molar-refractivity contribution is -0.130. The number of rotatable bonds is 8. The molecule has 0 aliphatic carbocycles. The fourth-order valence-electron chi connectivity index (χ4n) is 3.07. The Morgan fingerprint density at radius 1 is 1.03 bits per heavy atom. The molecule has 3 aromatic rings. The zero-order chi connectivity index (χ0) is 20.6. The van der Waals surface area contributed by atoms with Crippen LogP contribution in [0.2, 0.25) is 0 Å². The molecule has 0 aliphatic heterocycles. The van der Waals surface area contributed by atoms with E-state index in [2.05, 4.69) is 22.5 Å². The summed E-state index contributed by atoms with van der Waals surface area (Å²) in [4.78, 5) is 26.4. The summed E-state index contributed by atoms with van der Waals surface area (Å²) in [6.07, 6.45) is 3.98. The van der Waals surface area contributed by atoms with Crippen molar-refractivity contribution in [2.24, 2.45) is 0 Å². The fraction of sp³-hybridized carbons (Fsp3) is 0.261. The number of aromatic nitrogens is 2. The summed E-state index contributed by atoms with van der Waals surface area (Å²) in [5.41, 5.74) is 2.73. The van der Waals surface area contributed by atoms with Crippen LogP contribution in [0.25, 0.3) is 0 Å². The van der Waals surface area contributed by atoms with Gasteiger partial charge in [-0.3, -0.25) is 14.3 Å². The largest absolute Gasteiger partial charge is 0.349 e. The minimum absolute atomic E-state index is 0.0262. The van der Waals surface area contributed by atoms with Crippen LogP contribution in [0.1, 0.15) is 34.8 Å². The van der Waals surface area contributed by atoms with Crippen molar-refractivity contribution in [2.75, 3.05) is 7.05 Å². The number of amides is 2. The fourth-order valence-corrected chi connectivity index (χ4v) is 3.07. The Balaban J connectivity index is 1.48. The van der Waals surface area contributed by atoms with E-state index >= 15 is 0 Å². The molecule has 1 unspecified atom stereocenters. The molecule has 0 aliphatic rings. The molecular formula is C23H26N4O2. The smallest absolute Gasteiger partial charge is 0.251 e. The lowest BCUT2D eigenvalue weighted by atomic mass is 10.1. The van der Waals surface area contributed by atoms with E-state index in [1.807, 2.05) is 54.2 Å². The van der Waals surface area contributed by atoms with Gasteiger partial charge in [0.2, 0.25) is 5.91 Å².